The molecule has 2 heterocycles. The Hall–Kier alpha value is -1.53. The van der Waals surface area contributed by atoms with E-state index in [2.05, 4.69) is 29.4 Å². The number of nitrogens with zero attached hydrogens (tertiary/aromatic N) is 1. The lowest BCUT2D eigenvalue weighted by atomic mass is 9.92. The van der Waals surface area contributed by atoms with Crippen LogP contribution in [-0.2, 0) is 0 Å². The van der Waals surface area contributed by atoms with Crippen molar-refractivity contribution in [3.63, 3.8) is 0 Å². The standard InChI is InChI=1S/C19H29N3O2S/c1-14-10-15(2)13-22(12-14)7-3-6-20-19(25)21-16-4-5-17-18(11-16)24-9-8-23-17/h4-5,11,14-15H,3,6-10,12-13H2,1-2H3,(H2,20,21,25)/t14-,15-/m1/s1. The molecule has 0 spiro atoms. The van der Waals surface area contributed by atoms with Crippen LogP contribution in [0.15, 0.2) is 18.2 Å². The smallest absolute Gasteiger partial charge is 0.170 e. The van der Waals surface area contributed by atoms with Crippen LogP contribution in [0.2, 0.25) is 0 Å². The van der Waals surface area contributed by atoms with Gasteiger partial charge in [0.05, 0.1) is 0 Å². The van der Waals surface area contributed by atoms with Gasteiger partial charge in [-0.2, -0.15) is 0 Å². The number of nitrogens with one attached hydrogen (secondary N) is 2. The first-order valence-corrected chi connectivity index (χ1v) is 9.68. The van der Waals surface area contributed by atoms with Gasteiger partial charge < -0.3 is 25.0 Å². The lowest BCUT2D eigenvalue weighted by Gasteiger charge is -2.35. The summed E-state index contributed by atoms with van der Waals surface area (Å²) in [4.78, 5) is 2.58. The average molecular weight is 364 g/mol. The van der Waals surface area contributed by atoms with Crippen LogP contribution in [0.3, 0.4) is 0 Å². The van der Waals surface area contributed by atoms with Crippen molar-refractivity contribution in [2.45, 2.75) is 26.7 Å². The molecule has 0 bridgehead atoms. The van der Waals surface area contributed by atoms with Crippen LogP contribution in [-0.4, -0.2) is 49.4 Å². The zero-order valence-corrected chi connectivity index (χ0v) is 16.0. The van der Waals surface area contributed by atoms with Crippen LogP contribution < -0.4 is 20.1 Å². The molecule has 138 valence electrons. The number of benzene rings is 1. The molecule has 25 heavy (non-hydrogen) atoms. The van der Waals surface area contributed by atoms with Crippen molar-refractivity contribution in [3.05, 3.63) is 18.2 Å². The summed E-state index contributed by atoms with van der Waals surface area (Å²) >= 11 is 5.39. The molecule has 5 nitrogen and oxygen atoms in total. The van der Waals surface area contributed by atoms with Gasteiger partial charge in [-0.25, -0.2) is 0 Å². The van der Waals surface area contributed by atoms with E-state index in [1.807, 2.05) is 18.2 Å². The highest BCUT2D eigenvalue weighted by Crippen LogP contribution is 2.32. The second-order valence-electron chi connectivity index (χ2n) is 7.30. The number of piperidine rings is 1. The summed E-state index contributed by atoms with van der Waals surface area (Å²) < 4.78 is 11.1. The Morgan fingerprint density at radius 2 is 1.88 bits per heavy atom. The fraction of sp³-hybridized carbons (Fsp3) is 0.632. The molecule has 0 radical (unpaired) electrons. The van der Waals surface area contributed by atoms with Gasteiger partial charge in [-0.1, -0.05) is 13.8 Å². The molecule has 6 heteroatoms. The van der Waals surface area contributed by atoms with Gasteiger partial charge in [0.1, 0.15) is 13.2 Å². The highest BCUT2D eigenvalue weighted by Gasteiger charge is 2.21. The van der Waals surface area contributed by atoms with Crippen LogP contribution in [0.4, 0.5) is 5.69 Å². The van der Waals surface area contributed by atoms with Crippen molar-refractivity contribution in [1.29, 1.82) is 0 Å². The van der Waals surface area contributed by atoms with Gasteiger partial charge in [0, 0.05) is 31.4 Å². The first-order valence-electron chi connectivity index (χ1n) is 9.27. The first kappa shape index (κ1) is 18.3. The van der Waals surface area contributed by atoms with Crippen molar-refractivity contribution in [1.82, 2.24) is 10.2 Å². The molecule has 2 atom stereocenters. The first-order chi connectivity index (χ1) is 12.1. The topological polar surface area (TPSA) is 45.8 Å². The van der Waals surface area contributed by atoms with Crippen molar-refractivity contribution in [2.75, 3.05) is 44.7 Å². The molecule has 0 unspecified atom stereocenters. The maximum absolute atomic E-state index is 5.59. The van der Waals surface area contributed by atoms with E-state index in [0.717, 1.165) is 48.5 Å². The summed E-state index contributed by atoms with van der Waals surface area (Å²) in [6.07, 6.45) is 2.46. The molecule has 3 rings (SSSR count). The second-order valence-corrected chi connectivity index (χ2v) is 7.71. The van der Waals surface area contributed by atoms with E-state index < -0.39 is 0 Å². The van der Waals surface area contributed by atoms with E-state index in [-0.39, 0.29) is 0 Å². The summed E-state index contributed by atoms with van der Waals surface area (Å²) in [6, 6.07) is 5.80. The lowest BCUT2D eigenvalue weighted by molar-refractivity contribution is 0.140. The molecule has 1 aromatic rings. The number of hydrogen-bond donors (Lipinski definition) is 2. The van der Waals surface area contributed by atoms with Crippen LogP contribution in [0, 0.1) is 11.8 Å². The summed E-state index contributed by atoms with van der Waals surface area (Å²) in [5, 5.41) is 7.16. The third-order valence-electron chi connectivity index (χ3n) is 4.68. The Morgan fingerprint density at radius 3 is 2.64 bits per heavy atom. The van der Waals surface area contributed by atoms with Gasteiger partial charge >= 0.3 is 0 Å². The van der Waals surface area contributed by atoms with Crippen LogP contribution in [0.25, 0.3) is 0 Å². The maximum Gasteiger partial charge on any atom is 0.170 e. The fourth-order valence-electron chi connectivity index (χ4n) is 3.78. The zero-order valence-electron chi connectivity index (χ0n) is 15.2. The van der Waals surface area contributed by atoms with Crippen LogP contribution in [0.5, 0.6) is 11.5 Å². The Morgan fingerprint density at radius 1 is 1.16 bits per heavy atom. The van der Waals surface area contributed by atoms with E-state index in [1.54, 1.807) is 0 Å². The largest absolute Gasteiger partial charge is 0.486 e. The third-order valence-corrected chi connectivity index (χ3v) is 4.93. The molecular weight excluding hydrogens is 334 g/mol. The van der Waals surface area contributed by atoms with Crippen LogP contribution >= 0.6 is 12.2 Å². The molecule has 2 aliphatic rings. The summed E-state index contributed by atoms with van der Waals surface area (Å²) in [5.74, 6) is 3.19. The Labute approximate surface area is 156 Å². The SMILES string of the molecule is C[C@@H]1C[C@@H](C)CN(CCCNC(=S)Nc2ccc3c(c2)OCCO3)C1. The quantitative estimate of drug-likeness (QED) is 0.619. The highest BCUT2D eigenvalue weighted by molar-refractivity contribution is 7.80. The van der Waals surface area contributed by atoms with Gasteiger partial charge in [0.25, 0.3) is 0 Å². The number of likely N-dealkylation sites (tertiary alicyclic amines) is 1. The number of anilines is 1. The molecule has 1 fully saturated rings. The predicted octanol–water partition coefficient (Wildman–Crippen LogP) is 3.11. The van der Waals surface area contributed by atoms with Gasteiger partial charge in [-0.15, -0.1) is 0 Å². The fourth-order valence-corrected chi connectivity index (χ4v) is 4.00. The Kier molecular flexibility index (Phi) is 6.37. The van der Waals surface area contributed by atoms with Crippen molar-refractivity contribution >= 4 is 23.0 Å². The number of fused-ring (bicyclic) bond motifs is 1. The number of rotatable bonds is 5. The molecule has 0 aromatic heterocycles. The van der Waals surface area contributed by atoms with E-state index in [1.165, 1.54) is 19.5 Å². The average Bonchev–Trinajstić information content (AvgIpc) is 2.58. The highest BCUT2D eigenvalue weighted by atomic mass is 32.1. The summed E-state index contributed by atoms with van der Waals surface area (Å²) in [7, 11) is 0. The minimum absolute atomic E-state index is 0.590. The molecule has 0 saturated carbocycles. The van der Waals surface area contributed by atoms with Crippen molar-refractivity contribution < 1.29 is 9.47 Å². The van der Waals surface area contributed by atoms with E-state index in [9.17, 15) is 0 Å². The number of hydrogen-bond acceptors (Lipinski definition) is 4. The molecule has 0 aliphatic carbocycles. The maximum atomic E-state index is 5.59. The van der Waals surface area contributed by atoms with Crippen molar-refractivity contribution in [3.8, 4) is 11.5 Å². The van der Waals surface area contributed by atoms with E-state index in [4.69, 9.17) is 21.7 Å². The predicted molar refractivity (Wildman–Crippen MR) is 106 cm³/mol. The summed E-state index contributed by atoms with van der Waals surface area (Å²) in [6.45, 7) is 10.4. The number of ether oxygens (including phenoxy) is 2. The van der Waals surface area contributed by atoms with Crippen molar-refractivity contribution in [2.24, 2.45) is 11.8 Å². The molecule has 2 aliphatic heterocycles. The second kappa shape index (κ2) is 8.72. The molecular formula is C19H29N3O2S. The summed E-state index contributed by atoms with van der Waals surface area (Å²) in [5.41, 5.74) is 0.917. The van der Waals surface area contributed by atoms with Gasteiger partial charge in [0.15, 0.2) is 16.6 Å². The third kappa shape index (κ3) is 5.47. The van der Waals surface area contributed by atoms with E-state index in [0.29, 0.717) is 18.3 Å². The zero-order chi connectivity index (χ0) is 17.6. The molecule has 2 N–H and O–H groups in total. The van der Waals surface area contributed by atoms with Gasteiger partial charge in [-0.05, 0) is 55.6 Å². The molecule has 1 saturated heterocycles. The van der Waals surface area contributed by atoms with Crippen LogP contribution in [0.1, 0.15) is 26.7 Å². The lowest BCUT2D eigenvalue weighted by Crippen LogP contribution is -2.40. The normalized spacial score (nSPS) is 23.1. The Balaban J connectivity index is 1.37. The minimum Gasteiger partial charge on any atom is -0.486 e. The van der Waals surface area contributed by atoms with Gasteiger partial charge in [0.2, 0.25) is 0 Å². The monoisotopic (exact) mass is 363 g/mol. The molecule has 0 amide bonds. The van der Waals surface area contributed by atoms with E-state index >= 15 is 0 Å². The van der Waals surface area contributed by atoms with Gasteiger partial charge in [-0.3, -0.25) is 0 Å². The number of thiocarbonyl (C=S) groups is 1. The Bertz CT molecular complexity index is 586. The molecule has 1 aromatic carbocycles. The minimum atomic E-state index is 0.590.